The lowest BCUT2D eigenvalue weighted by atomic mass is 10.1. The molecule has 0 atom stereocenters. The summed E-state index contributed by atoms with van der Waals surface area (Å²) in [7, 11) is 0. The van der Waals surface area contributed by atoms with Gasteiger partial charge in [-0.05, 0) is 42.0 Å². The summed E-state index contributed by atoms with van der Waals surface area (Å²) in [6.07, 6.45) is 1.80. The van der Waals surface area contributed by atoms with Gasteiger partial charge < -0.3 is 5.32 Å². The highest BCUT2D eigenvalue weighted by Crippen LogP contribution is 2.18. The van der Waals surface area contributed by atoms with E-state index in [1.807, 2.05) is 83.4 Å². The van der Waals surface area contributed by atoms with E-state index in [0.717, 1.165) is 22.3 Å². The zero-order valence-electron chi connectivity index (χ0n) is 13.6. The van der Waals surface area contributed by atoms with Crippen LogP contribution in [0.5, 0.6) is 0 Å². The van der Waals surface area contributed by atoms with Crippen molar-refractivity contribution in [2.75, 3.05) is 0 Å². The minimum Gasteiger partial charge on any atom is -0.348 e. The maximum Gasteiger partial charge on any atom is 0.251 e. The van der Waals surface area contributed by atoms with Crippen molar-refractivity contribution in [1.29, 1.82) is 0 Å². The third-order valence-electron chi connectivity index (χ3n) is 4.16. The van der Waals surface area contributed by atoms with Crippen molar-refractivity contribution in [3.8, 4) is 5.69 Å². The Kier molecular flexibility index (Phi) is 4.01. The molecule has 1 heterocycles. The van der Waals surface area contributed by atoms with E-state index in [0.29, 0.717) is 12.1 Å². The van der Waals surface area contributed by atoms with E-state index in [4.69, 9.17) is 0 Å². The molecule has 122 valence electrons. The summed E-state index contributed by atoms with van der Waals surface area (Å²) in [6, 6.07) is 25.4. The Morgan fingerprint density at radius 3 is 2.40 bits per heavy atom. The number of carbonyl (C=O) groups is 1. The second-order valence-electron chi connectivity index (χ2n) is 5.82. The number of nitrogens with one attached hydrogen (secondary N) is 1. The number of hydrogen-bond acceptors (Lipinski definition) is 2. The Bertz CT molecular complexity index is 1000. The lowest BCUT2D eigenvalue weighted by Crippen LogP contribution is -2.22. The van der Waals surface area contributed by atoms with E-state index in [2.05, 4.69) is 10.3 Å². The van der Waals surface area contributed by atoms with E-state index >= 15 is 0 Å². The van der Waals surface area contributed by atoms with Crippen LogP contribution in [0.3, 0.4) is 0 Å². The van der Waals surface area contributed by atoms with Gasteiger partial charge in [0.25, 0.3) is 5.91 Å². The van der Waals surface area contributed by atoms with E-state index in [1.54, 1.807) is 6.33 Å². The highest BCUT2D eigenvalue weighted by molar-refractivity contribution is 5.94. The fraction of sp³-hybridized carbons (Fsp3) is 0.0476. The number of carbonyl (C=O) groups excluding carboxylic acids is 1. The minimum atomic E-state index is -0.0779. The van der Waals surface area contributed by atoms with Crippen LogP contribution in [0.15, 0.2) is 85.2 Å². The summed E-state index contributed by atoms with van der Waals surface area (Å²) >= 11 is 0. The van der Waals surface area contributed by atoms with Crippen LogP contribution in [0.4, 0.5) is 0 Å². The van der Waals surface area contributed by atoms with Crippen molar-refractivity contribution in [3.05, 3.63) is 96.3 Å². The van der Waals surface area contributed by atoms with E-state index in [1.165, 1.54) is 0 Å². The van der Waals surface area contributed by atoms with Gasteiger partial charge in [0.1, 0.15) is 6.33 Å². The lowest BCUT2D eigenvalue weighted by molar-refractivity contribution is 0.0951. The molecule has 0 fully saturated rings. The van der Waals surface area contributed by atoms with Gasteiger partial charge in [0.05, 0.1) is 11.0 Å². The van der Waals surface area contributed by atoms with E-state index in [-0.39, 0.29) is 5.91 Å². The molecule has 3 aromatic carbocycles. The molecule has 0 spiro atoms. The SMILES string of the molecule is O=C(NCc1ccccc1)c1ccc(-n2cnc3ccccc32)cc1. The summed E-state index contributed by atoms with van der Waals surface area (Å²) in [5.74, 6) is -0.0779. The number of para-hydroxylation sites is 2. The van der Waals surface area contributed by atoms with Crippen molar-refractivity contribution in [1.82, 2.24) is 14.9 Å². The van der Waals surface area contributed by atoms with Gasteiger partial charge in [-0.15, -0.1) is 0 Å². The van der Waals surface area contributed by atoms with Crippen LogP contribution in [0.1, 0.15) is 15.9 Å². The molecule has 4 heteroatoms. The molecule has 25 heavy (non-hydrogen) atoms. The quantitative estimate of drug-likeness (QED) is 0.617. The second kappa shape index (κ2) is 6.61. The Balaban J connectivity index is 1.51. The molecule has 4 nitrogen and oxygen atoms in total. The average Bonchev–Trinajstić information content (AvgIpc) is 3.11. The third-order valence-corrected chi connectivity index (χ3v) is 4.16. The van der Waals surface area contributed by atoms with Crippen molar-refractivity contribution in [2.24, 2.45) is 0 Å². The van der Waals surface area contributed by atoms with Crippen molar-refractivity contribution < 1.29 is 4.79 Å². The van der Waals surface area contributed by atoms with Crippen LogP contribution in [0.25, 0.3) is 16.7 Å². The van der Waals surface area contributed by atoms with Crippen LogP contribution >= 0.6 is 0 Å². The van der Waals surface area contributed by atoms with Gasteiger partial charge in [0.15, 0.2) is 0 Å². The average molecular weight is 327 g/mol. The van der Waals surface area contributed by atoms with Crippen molar-refractivity contribution in [3.63, 3.8) is 0 Å². The van der Waals surface area contributed by atoms with Crippen molar-refractivity contribution >= 4 is 16.9 Å². The summed E-state index contributed by atoms with van der Waals surface area (Å²) in [6.45, 7) is 0.521. The Labute approximate surface area is 145 Å². The van der Waals surface area contributed by atoms with Gasteiger partial charge >= 0.3 is 0 Å². The molecule has 0 unspecified atom stereocenters. The summed E-state index contributed by atoms with van der Waals surface area (Å²) < 4.78 is 2.01. The number of hydrogen-bond donors (Lipinski definition) is 1. The molecule has 0 aliphatic carbocycles. The van der Waals surface area contributed by atoms with Crippen LogP contribution < -0.4 is 5.32 Å². The molecule has 4 rings (SSSR count). The maximum atomic E-state index is 12.3. The van der Waals surface area contributed by atoms with E-state index in [9.17, 15) is 4.79 Å². The maximum absolute atomic E-state index is 12.3. The number of nitrogens with zero attached hydrogens (tertiary/aromatic N) is 2. The highest BCUT2D eigenvalue weighted by atomic mass is 16.1. The van der Waals surface area contributed by atoms with Gasteiger partial charge in [-0.25, -0.2) is 4.98 Å². The van der Waals surface area contributed by atoms with Crippen LogP contribution in [-0.4, -0.2) is 15.5 Å². The number of fused-ring (bicyclic) bond motifs is 1. The fourth-order valence-corrected chi connectivity index (χ4v) is 2.82. The molecular weight excluding hydrogens is 310 g/mol. The first-order valence-electron chi connectivity index (χ1n) is 8.16. The summed E-state index contributed by atoms with van der Waals surface area (Å²) in [5.41, 5.74) is 4.70. The van der Waals surface area contributed by atoms with E-state index < -0.39 is 0 Å². The van der Waals surface area contributed by atoms with Gasteiger partial charge in [0, 0.05) is 17.8 Å². The standard InChI is InChI=1S/C21H17N3O/c25-21(22-14-16-6-2-1-3-7-16)17-10-12-18(13-11-17)24-15-23-19-8-4-5-9-20(19)24/h1-13,15H,14H2,(H,22,25). The third kappa shape index (κ3) is 3.15. The second-order valence-corrected chi connectivity index (χ2v) is 5.82. The normalized spacial score (nSPS) is 10.7. The monoisotopic (exact) mass is 327 g/mol. The first-order valence-corrected chi connectivity index (χ1v) is 8.16. The molecule has 0 saturated heterocycles. The van der Waals surface area contributed by atoms with Gasteiger partial charge in [0.2, 0.25) is 0 Å². The van der Waals surface area contributed by atoms with Crippen LogP contribution in [0, 0.1) is 0 Å². The Hall–Kier alpha value is -3.40. The molecule has 0 saturated carbocycles. The molecule has 0 aliphatic rings. The topological polar surface area (TPSA) is 46.9 Å². The molecule has 0 radical (unpaired) electrons. The van der Waals surface area contributed by atoms with Crippen molar-refractivity contribution in [2.45, 2.75) is 6.54 Å². The van der Waals surface area contributed by atoms with Crippen LogP contribution in [0.2, 0.25) is 0 Å². The number of rotatable bonds is 4. The molecule has 0 aliphatic heterocycles. The molecule has 1 N–H and O–H groups in total. The first-order chi connectivity index (χ1) is 12.3. The predicted molar refractivity (Wildman–Crippen MR) is 98.7 cm³/mol. The first kappa shape index (κ1) is 15.1. The summed E-state index contributed by atoms with van der Waals surface area (Å²) in [4.78, 5) is 16.7. The number of aromatic nitrogens is 2. The zero-order chi connectivity index (χ0) is 17.1. The Morgan fingerprint density at radius 1 is 0.880 bits per heavy atom. The highest BCUT2D eigenvalue weighted by Gasteiger charge is 2.07. The van der Waals surface area contributed by atoms with Gasteiger partial charge in [-0.1, -0.05) is 42.5 Å². The fourth-order valence-electron chi connectivity index (χ4n) is 2.82. The largest absolute Gasteiger partial charge is 0.348 e. The van der Waals surface area contributed by atoms with Gasteiger partial charge in [-0.2, -0.15) is 0 Å². The summed E-state index contributed by atoms with van der Waals surface area (Å²) in [5, 5.41) is 2.94. The van der Waals surface area contributed by atoms with Crippen LogP contribution in [-0.2, 0) is 6.54 Å². The molecule has 4 aromatic rings. The molecular formula is C21H17N3O. The Morgan fingerprint density at radius 2 is 1.60 bits per heavy atom. The zero-order valence-corrected chi connectivity index (χ0v) is 13.6. The smallest absolute Gasteiger partial charge is 0.251 e. The molecule has 0 bridgehead atoms. The molecule has 1 amide bonds. The number of amides is 1. The molecule has 1 aromatic heterocycles. The van der Waals surface area contributed by atoms with Gasteiger partial charge in [-0.3, -0.25) is 9.36 Å². The number of benzene rings is 3. The lowest BCUT2D eigenvalue weighted by Gasteiger charge is -2.08. The minimum absolute atomic E-state index is 0.0779. The predicted octanol–water partition coefficient (Wildman–Crippen LogP) is 3.96. The number of imidazole rings is 1.